The summed E-state index contributed by atoms with van der Waals surface area (Å²) >= 11 is 0. The molecular formula is C31H19F7N4O. The number of hydrogen-bond acceptors (Lipinski definition) is 3. The number of halogens is 7. The van der Waals surface area contributed by atoms with Gasteiger partial charge in [-0.1, -0.05) is 66.7 Å². The minimum absolute atomic E-state index is 0.0521. The van der Waals surface area contributed by atoms with E-state index < -0.39 is 35.2 Å². The maximum atomic E-state index is 15.1. The third-order valence-electron chi connectivity index (χ3n) is 6.45. The van der Waals surface area contributed by atoms with Crippen LogP contribution in [0.25, 0.3) is 45.7 Å². The number of rotatable bonds is 6. The molecule has 0 bridgehead atoms. The van der Waals surface area contributed by atoms with Crippen molar-refractivity contribution in [3.8, 4) is 33.9 Å². The number of carbonyl (C=O) groups excluding carboxylic acids is 1. The van der Waals surface area contributed by atoms with Crippen LogP contribution in [0.1, 0.15) is 16.7 Å². The number of primary amides is 1. The molecule has 2 N–H and O–H groups in total. The predicted octanol–water partition coefficient (Wildman–Crippen LogP) is 7.94. The molecule has 0 saturated heterocycles. The van der Waals surface area contributed by atoms with Gasteiger partial charge >= 0.3 is 12.4 Å². The molecule has 0 radical (unpaired) electrons. The molecule has 0 fully saturated rings. The Morgan fingerprint density at radius 1 is 0.721 bits per heavy atom. The number of nitrogens with two attached hydrogens (primary N) is 1. The number of aromatic nitrogens is 3. The van der Waals surface area contributed by atoms with E-state index >= 15 is 4.39 Å². The number of carbonyl (C=O) groups is 1. The van der Waals surface area contributed by atoms with Crippen LogP contribution in [0.4, 0.5) is 30.7 Å². The lowest BCUT2D eigenvalue weighted by Crippen LogP contribution is -2.14. The summed E-state index contributed by atoms with van der Waals surface area (Å²) in [6.45, 7) is 0. The second-order valence-corrected chi connectivity index (χ2v) is 9.32. The largest absolute Gasteiger partial charge is 0.416 e. The Labute approximate surface area is 239 Å². The smallest absolute Gasteiger partial charge is 0.366 e. The predicted molar refractivity (Wildman–Crippen MR) is 146 cm³/mol. The van der Waals surface area contributed by atoms with E-state index in [9.17, 15) is 31.1 Å². The molecule has 0 atom stereocenters. The molecule has 0 aliphatic carbocycles. The molecule has 5 aromatic rings. The van der Waals surface area contributed by atoms with E-state index in [1.54, 1.807) is 30.3 Å². The fraction of sp³-hybridized carbons (Fsp3) is 0.0645. The molecule has 0 saturated carbocycles. The summed E-state index contributed by atoms with van der Waals surface area (Å²) in [6.07, 6.45) is -8.05. The van der Waals surface area contributed by atoms with E-state index in [4.69, 9.17) is 5.73 Å². The Bertz CT molecular complexity index is 1810. The van der Waals surface area contributed by atoms with Crippen molar-refractivity contribution >= 4 is 17.7 Å². The van der Waals surface area contributed by atoms with Gasteiger partial charge in [0.15, 0.2) is 11.6 Å². The maximum absolute atomic E-state index is 15.1. The van der Waals surface area contributed by atoms with Gasteiger partial charge in [0.05, 0.1) is 16.7 Å². The second kappa shape index (κ2) is 11.2. The number of amides is 1. The standard InChI is InChI=1S/C31H19F7N4O/c32-26-16-21(10-15-24(26)18-4-2-1-3-5-18)25(27(39)43)17-42-29(20-8-13-23(14-9-20)31(36,37)38)40-28(41-42)19-6-11-22(12-7-19)30(33,34)35/h1-17H,(H2,39,43)/b25-17+. The van der Waals surface area contributed by atoms with E-state index in [0.29, 0.717) is 5.56 Å². The van der Waals surface area contributed by atoms with E-state index in [-0.39, 0.29) is 39.5 Å². The molecule has 1 heterocycles. The molecule has 0 spiro atoms. The maximum Gasteiger partial charge on any atom is 0.416 e. The van der Waals surface area contributed by atoms with Crippen LogP contribution < -0.4 is 5.73 Å². The Hall–Kier alpha value is -5.26. The first-order valence-corrected chi connectivity index (χ1v) is 12.5. The molecule has 0 aliphatic heterocycles. The van der Waals surface area contributed by atoms with Crippen LogP contribution in [-0.2, 0) is 17.1 Å². The lowest BCUT2D eigenvalue weighted by Gasteiger charge is -2.10. The molecule has 1 amide bonds. The first kappa shape index (κ1) is 29.2. The van der Waals surface area contributed by atoms with Gasteiger partial charge in [-0.05, 0) is 41.5 Å². The van der Waals surface area contributed by atoms with Gasteiger partial charge in [-0.2, -0.15) is 26.3 Å². The molecule has 5 rings (SSSR count). The highest BCUT2D eigenvalue weighted by Gasteiger charge is 2.31. The number of hydrogen-bond donors (Lipinski definition) is 1. The minimum Gasteiger partial charge on any atom is -0.366 e. The van der Waals surface area contributed by atoms with Gasteiger partial charge in [-0.15, -0.1) is 5.10 Å². The van der Waals surface area contributed by atoms with Crippen LogP contribution in [0.5, 0.6) is 0 Å². The average Bonchev–Trinajstić information content (AvgIpc) is 3.39. The van der Waals surface area contributed by atoms with E-state index in [1.165, 1.54) is 12.1 Å². The van der Waals surface area contributed by atoms with E-state index in [1.807, 2.05) is 0 Å². The quantitative estimate of drug-likeness (QED) is 0.160. The van der Waals surface area contributed by atoms with Crippen molar-refractivity contribution in [2.75, 3.05) is 0 Å². The van der Waals surface area contributed by atoms with Gasteiger partial charge in [0.2, 0.25) is 0 Å². The summed E-state index contributed by atoms with van der Waals surface area (Å²) in [5.74, 6) is -1.77. The zero-order valence-corrected chi connectivity index (χ0v) is 21.8. The Balaban J connectivity index is 1.62. The summed E-state index contributed by atoms with van der Waals surface area (Å²) in [5.41, 5.74) is 4.83. The number of alkyl halides is 6. The second-order valence-electron chi connectivity index (χ2n) is 9.32. The zero-order valence-electron chi connectivity index (χ0n) is 21.8. The van der Waals surface area contributed by atoms with Crippen molar-refractivity contribution in [2.24, 2.45) is 5.73 Å². The number of nitrogens with zero attached hydrogens (tertiary/aromatic N) is 3. The molecule has 0 aliphatic rings. The molecule has 0 unspecified atom stereocenters. The van der Waals surface area contributed by atoms with Crippen LogP contribution >= 0.6 is 0 Å². The van der Waals surface area contributed by atoms with Crippen LogP contribution in [0.3, 0.4) is 0 Å². The summed E-state index contributed by atoms with van der Waals surface area (Å²) in [6, 6.07) is 20.5. The van der Waals surface area contributed by atoms with Crippen LogP contribution in [0.2, 0.25) is 0 Å². The van der Waals surface area contributed by atoms with Gasteiger partial charge < -0.3 is 5.73 Å². The average molecular weight is 597 g/mol. The number of benzene rings is 4. The van der Waals surface area contributed by atoms with Crippen molar-refractivity contribution in [3.63, 3.8) is 0 Å². The fourth-order valence-electron chi connectivity index (χ4n) is 4.29. The van der Waals surface area contributed by atoms with Crippen molar-refractivity contribution < 1.29 is 35.5 Å². The molecule has 12 heteroatoms. The summed E-state index contributed by atoms with van der Waals surface area (Å²) in [7, 11) is 0. The van der Waals surface area contributed by atoms with E-state index in [0.717, 1.165) is 65.5 Å². The van der Waals surface area contributed by atoms with Crippen LogP contribution in [0.15, 0.2) is 97.1 Å². The van der Waals surface area contributed by atoms with Crippen LogP contribution in [0, 0.1) is 5.82 Å². The van der Waals surface area contributed by atoms with Crippen LogP contribution in [-0.4, -0.2) is 20.7 Å². The normalized spacial score (nSPS) is 12.4. The van der Waals surface area contributed by atoms with Crippen molar-refractivity contribution in [3.05, 3.63) is 120 Å². The Morgan fingerprint density at radius 2 is 1.28 bits per heavy atom. The minimum atomic E-state index is -4.60. The molecule has 1 aromatic heterocycles. The first-order chi connectivity index (χ1) is 20.3. The van der Waals surface area contributed by atoms with Gasteiger partial charge in [0.25, 0.3) is 5.91 Å². The van der Waals surface area contributed by atoms with Gasteiger partial charge in [0, 0.05) is 22.9 Å². The topological polar surface area (TPSA) is 73.8 Å². The van der Waals surface area contributed by atoms with Crippen molar-refractivity contribution in [1.29, 1.82) is 0 Å². The summed E-state index contributed by atoms with van der Waals surface area (Å²) in [5, 5.41) is 4.28. The zero-order chi connectivity index (χ0) is 30.9. The highest BCUT2D eigenvalue weighted by atomic mass is 19.4. The SMILES string of the molecule is NC(=O)/C(=C/n1nc(-c2ccc(C(F)(F)F)cc2)nc1-c1ccc(C(F)(F)F)cc1)c1ccc(-c2ccccc2)c(F)c1. The molecule has 5 nitrogen and oxygen atoms in total. The lowest BCUT2D eigenvalue weighted by molar-refractivity contribution is -0.138. The molecule has 4 aromatic carbocycles. The molecular weight excluding hydrogens is 577 g/mol. The molecule has 218 valence electrons. The Kier molecular flexibility index (Phi) is 7.61. The summed E-state index contributed by atoms with van der Waals surface area (Å²) < 4.78 is 94.8. The highest BCUT2D eigenvalue weighted by Crippen LogP contribution is 2.34. The molecule has 43 heavy (non-hydrogen) atoms. The highest BCUT2D eigenvalue weighted by molar-refractivity contribution is 6.22. The lowest BCUT2D eigenvalue weighted by atomic mass is 9.99. The third kappa shape index (κ3) is 6.32. The van der Waals surface area contributed by atoms with Gasteiger partial charge in [0.1, 0.15) is 5.82 Å². The Morgan fingerprint density at radius 3 is 1.79 bits per heavy atom. The van der Waals surface area contributed by atoms with E-state index in [2.05, 4.69) is 10.1 Å². The van der Waals surface area contributed by atoms with Gasteiger partial charge in [-0.25, -0.2) is 14.1 Å². The summed E-state index contributed by atoms with van der Waals surface area (Å²) in [4.78, 5) is 16.9. The monoisotopic (exact) mass is 596 g/mol. The first-order valence-electron chi connectivity index (χ1n) is 12.5. The van der Waals surface area contributed by atoms with Gasteiger partial charge in [-0.3, -0.25) is 4.79 Å². The third-order valence-corrected chi connectivity index (χ3v) is 6.45. The van der Waals surface area contributed by atoms with Crippen molar-refractivity contribution in [1.82, 2.24) is 14.8 Å². The van der Waals surface area contributed by atoms with Crippen molar-refractivity contribution in [2.45, 2.75) is 12.4 Å². The fourth-order valence-corrected chi connectivity index (χ4v) is 4.29.